The molecule has 0 aliphatic heterocycles. The largest absolute Gasteiger partial charge is 0.507 e. The summed E-state index contributed by atoms with van der Waals surface area (Å²) in [7, 11) is 0. The van der Waals surface area contributed by atoms with Gasteiger partial charge in [-0.15, -0.1) is 0 Å². The highest BCUT2D eigenvalue weighted by Crippen LogP contribution is 2.29. The van der Waals surface area contributed by atoms with Crippen molar-refractivity contribution in [2.75, 3.05) is 0 Å². The Morgan fingerprint density at radius 2 is 2.08 bits per heavy atom. The fourth-order valence-electron chi connectivity index (χ4n) is 1.30. The van der Waals surface area contributed by atoms with Crippen molar-refractivity contribution in [3.63, 3.8) is 0 Å². The van der Waals surface area contributed by atoms with Gasteiger partial charge in [0, 0.05) is 11.1 Å². The summed E-state index contributed by atoms with van der Waals surface area (Å²) in [5.41, 5.74) is 2.84. The average Bonchev–Trinajstić information content (AvgIpc) is 2.61. The summed E-state index contributed by atoms with van der Waals surface area (Å²) >= 11 is 0. The SMILES string of the molecule is Cc1ccc(O)c(-c2ccoc2)c1. The molecular formula is C11H10O2. The first-order chi connectivity index (χ1) is 6.27. The summed E-state index contributed by atoms with van der Waals surface area (Å²) in [6.45, 7) is 1.99. The van der Waals surface area contributed by atoms with Crippen molar-refractivity contribution in [3.8, 4) is 16.9 Å². The second-order valence-corrected chi connectivity index (χ2v) is 3.03. The van der Waals surface area contributed by atoms with Crippen LogP contribution >= 0.6 is 0 Å². The van der Waals surface area contributed by atoms with Crippen LogP contribution in [0.2, 0.25) is 0 Å². The van der Waals surface area contributed by atoms with E-state index in [-0.39, 0.29) is 5.75 Å². The number of hydrogen-bond donors (Lipinski definition) is 1. The Hall–Kier alpha value is -1.70. The number of aryl methyl sites for hydroxylation is 1. The Morgan fingerprint density at radius 1 is 1.23 bits per heavy atom. The molecule has 0 aliphatic carbocycles. The van der Waals surface area contributed by atoms with E-state index >= 15 is 0 Å². The van der Waals surface area contributed by atoms with Crippen molar-refractivity contribution in [2.45, 2.75) is 6.92 Å². The molecule has 2 heteroatoms. The maximum absolute atomic E-state index is 9.57. The maximum Gasteiger partial charge on any atom is 0.123 e. The van der Waals surface area contributed by atoms with E-state index in [4.69, 9.17) is 4.42 Å². The van der Waals surface area contributed by atoms with Gasteiger partial charge in [-0.2, -0.15) is 0 Å². The molecule has 0 bridgehead atoms. The maximum atomic E-state index is 9.57. The van der Waals surface area contributed by atoms with Crippen LogP contribution in [-0.4, -0.2) is 5.11 Å². The van der Waals surface area contributed by atoms with Crippen LogP contribution < -0.4 is 0 Å². The molecule has 2 nitrogen and oxygen atoms in total. The number of benzene rings is 1. The van der Waals surface area contributed by atoms with Crippen molar-refractivity contribution in [1.29, 1.82) is 0 Å². The summed E-state index contributed by atoms with van der Waals surface area (Å²) in [5, 5.41) is 9.57. The molecule has 1 aromatic carbocycles. The number of phenols is 1. The van der Waals surface area contributed by atoms with E-state index < -0.39 is 0 Å². The molecule has 0 unspecified atom stereocenters. The highest BCUT2D eigenvalue weighted by atomic mass is 16.3. The lowest BCUT2D eigenvalue weighted by Crippen LogP contribution is -1.77. The van der Waals surface area contributed by atoms with Gasteiger partial charge in [-0.05, 0) is 25.1 Å². The second kappa shape index (κ2) is 2.98. The molecule has 1 N–H and O–H groups in total. The zero-order valence-corrected chi connectivity index (χ0v) is 7.32. The van der Waals surface area contributed by atoms with Crippen molar-refractivity contribution >= 4 is 0 Å². The van der Waals surface area contributed by atoms with Crippen LogP contribution in [0.3, 0.4) is 0 Å². The van der Waals surface area contributed by atoms with E-state index in [1.807, 2.05) is 25.1 Å². The van der Waals surface area contributed by atoms with Gasteiger partial charge in [-0.3, -0.25) is 0 Å². The molecule has 13 heavy (non-hydrogen) atoms. The third kappa shape index (κ3) is 1.43. The van der Waals surface area contributed by atoms with Crippen molar-refractivity contribution < 1.29 is 9.52 Å². The Balaban J connectivity index is 2.57. The van der Waals surface area contributed by atoms with E-state index in [1.165, 1.54) is 0 Å². The van der Waals surface area contributed by atoms with Gasteiger partial charge in [0.15, 0.2) is 0 Å². The fraction of sp³-hybridized carbons (Fsp3) is 0.0909. The summed E-state index contributed by atoms with van der Waals surface area (Å²) in [6.07, 6.45) is 3.21. The van der Waals surface area contributed by atoms with Crippen LogP contribution in [0.1, 0.15) is 5.56 Å². The molecule has 0 aliphatic rings. The smallest absolute Gasteiger partial charge is 0.123 e. The first-order valence-electron chi connectivity index (χ1n) is 4.09. The molecule has 2 rings (SSSR count). The molecule has 1 heterocycles. The topological polar surface area (TPSA) is 33.4 Å². The summed E-state index contributed by atoms with van der Waals surface area (Å²) in [5.74, 6) is 0.284. The first-order valence-corrected chi connectivity index (χ1v) is 4.09. The Morgan fingerprint density at radius 3 is 2.77 bits per heavy atom. The molecule has 0 radical (unpaired) electrons. The first kappa shape index (κ1) is 7.92. The fourth-order valence-corrected chi connectivity index (χ4v) is 1.30. The molecular weight excluding hydrogens is 164 g/mol. The minimum Gasteiger partial charge on any atom is -0.507 e. The highest BCUT2D eigenvalue weighted by Gasteiger charge is 2.04. The molecule has 1 aromatic heterocycles. The van der Waals surface area contributed by atoms with Crippen molar-refractivity contribution in [3.05, 3.63) is 42.4 Å². The van der Waals surface area contributed by atoms with Crippen LogP contribution in [0.4, 0.5) is 0 Å². The van der Waals surface area contributed by atoms with Gasteiger partial charge in [0.25, 0.3) is 0 Å². The van der Waals surface area contributed by atoms with Crippen molar-refractivity contribution in [1.82, 2.24) is 0 Å². The van der Waals surface area contributed by atoms with Gasteiger partial charge in [0.1, 0.15) is 5.75 Å². The Bertz CT molecular complexity index is 402. The van der Waals surface area contributed by atoms with Crippen LogP contribution in [-0.2, 0) is 0 Å². The minimum atomic E-state index is 0.284. The molecule has 0 atom stereocenters. The van der Waals surface area contributed by atoms with Gasteiger partial charge in [0.05, 0.1) is 12.5 Å². The molecule has 0 amide bonds. The molecule has 0 saturated heterocycles. The molecule has 0 fully saturated rings. The number of hydrogen-bond acceptors (Lipinski definition) is 2. The number of phenolic OH excluding ortho intramolecular Hbond substituents is 1. The van der Waals surface area contributed by atoms with Crippen LogP contribution in [0.15, 0.2) is 41.2 Å². The summed E-state index contributed by atoms with van der Waals surface area (Å²) in [4.78, 5) is 0. The molecule has 2 aromatic rings. The Labute approximate surface area is 76.4 Å². The number of aromatic hydroxyl groups is 1. The highest BCUT2D eigenvalue weighted by molar-refractivity contribution is 5.69. The lowest BCUT2D eigenvalue weighted by molar-refractivity contribution is 0.477. The predicted molar refractivity (Wildman–Crippen MR) is 50.5 cm³/mol. The quantitative estimate of drug-likeness (QED) is 0.721. The summed E-state index contributed by atoms with van der Waals surface area (Å²) in [6, 6.07) is 7.32. The van der Waals surface area contributed by atoms with E-state index in [9.17, 15) is 5.11 Å². The molecule has 66 valence electrons. The van der Waals surface area contributed by atoms with Crippen LogP contribution in [0.5, 0.6) is 5.75 Å². The lowest BCUT2D eigenvalue weighted by Gasteiger charge is -2.02. The van der Waals surface area contributed by atoms with E-state index in [2.05, 4.69) is 0 Å². The van der Waals surface area contributed by atoms with Gasteiger partial charge in [0.2, 0.25) is 0 Å². The van der Waals surface area contributed by atoms with Gasteiger partial charge < -0.3 is 9.52 Å². The van der Waals surface area contributed by atoms with E-state index in [1.54, 1.807) is 18.6 Å². The van der Waals surface area contributed by atoms with Crippen LogP contribution in [0.25, 0.3) is 11.1 Å². The third-order valence-electron chi connectivity index (χ3n) is 1.98. The zero-order chi connectivity index (χ0) is 9.26. The van der Waals surface area contributed by atoms with Gasteiger partial charge in [-0.25, -0.2) is 0 Å². The normalized spacial score (nSPS) is 10.2. The monoisotopic (exact) mass is 174 g/mol. The zero-order valence-electron chi connectivity index (χ0n) is 7.32. The van der Waals surface area contributed by atoms with Gasteiger partial charge in [-0.1, -0.05) is 11.6 Å². The van der Waals surface area contributed by atoms with Crippen LogP contribution in [0, 0.1) is 6.92 Å². The van der Waals surface area contributed by atoms with E-state index in [0.29, 0.717) is 0 Å². The van der Waals surface area contributed by atoms with Gasteiger partial charge >= 0.3 is 0 Å². The lowest BCUT2D eigenvalue weighted by atomic mass is 10.1. The molecule has 0 spiro atoms. The summed E-state index contributed by atoms with van der Waals surface area (Å²) < 4.78 is 4.95. The Kier molecular flexibility index (Phi) is 1.81. The van der Waals surface area contributed by atoms with E-state index in [0.717, 1.165) is 16.7 Å². The second-order valence-electron chi connectivity index (χ2n) is 3.03. The van der Waals surface area contributed by atoms with Crippen molar-refractivity contribution in [2.24, 2.45) is 0 Å². The predicted octanol–water partition coefficient (Wildman–Crippen LogP) is 2.96. The molecule has 0 saturated carbocycles. The number of rotatable bonds is 1. The average molecular weight is 174 g/mol. The third-order valence-corrected chi connectivity index (χ3v) is 1.98. The number of furan rings is 1. The standard InChI is InChI=1S/C11H10O2/c1-8-2-3-11(12)10(6-8)9-4-5-13-7-9/h2-7,12H,1H3. The minimum absolute atomic E-state index is 0.284.